The molecule has 0 saturated carbocycles. The second-order valence-corrected chi connectivity index (χ2v) is 11.2. The van der Waals surface area contributed by atoms with Crippen molar-refractivity contribution in [2.45, 2.75) is 33.2 Å². The number of ether oxygens (including phenoxy) is 3. The number of benzene rings is 3. The van der Waals surface area contributed by atoms with Crippen LogP contribution in [-0.2, 0) is 4.79 Å². The number of aromatic nitrogens is 4. The Morgan fingerprint density at radius 1 is 0.872 bits per heavy atom. The molecule has 5 rings (SSSR count). The highest BCUT2D eigenvalue weighted by Crippen LogP contribution is 2.38. The van der Waals surface area contributed by atoms with E-state index in [4.69, 9.17) is 31.1 Å². The summed E-state index contributed by atoms with van der Waals surface area (Å²) >= 11 is 0. The van der Waals surface area contributed by atoms with Gasteiger partial charge in [0.2, 0.25) is 5.91 Å². The minimum absolute atomic E-state index is 0.0157. The molecule has 0 aliphatic rings. The molecule has 0 aliphatic heterocycles. The van der Waals surface area contributed by atoms with Gasteiger partial charge >= 0.3 is 6.01 Å². The van der Waals surface area contributed by atoms with Crippen molar-refractivity contribution in [3.8, 4) is 34.9 Å². The molecule has 0 spiro atoms. The smallest absolute Gasteiger partial charge is 0.327 e. The number of nitrogens with zero attached hydrogens (tertiary/aromatic N) is 5. The zero-order chi connectivity index (χ0) is 33.8. The minimum atomic E-state index is -0.778. The largest absolute Gasteiger partial charge is 0.453 e. The van der Waals surface area contributed by atoms with Gasteiger partial charge in [0, 0.05) is 25.2 Å². The highest BCUT2D eigenvalue weighted by atomic mass is 16.5. The molecule has 0 fully saturated rings. The van der Waals surface area contributed by atoms with Gasteiger partial charge in [-0.3, -0.25) is 19.6 Å². The molecule has 0 aliphatic carbocycles. The number of hydrogen-bond acceptors (Lipinski definition) is 9. The Hall–Kier alpha value is -5.98. The molecule has 3 aromatic carbocycles. The van der Waals surface area contributed by atoms with Crippen LogP contribution in [0.4, 0.5) is 0 Å². The molecule has 13 nitrogen and oxygen atoms in total. The molecule has 0 bridgehead atoms. The molecule has 2 amide bonds. The Balaban J connectivity index is 1.68. The number of amides is 2. The maximum Gasteiger partial charge on any atom is 0.327 e. The highest BCUT2D eigenvalue weighted by Gasteiger charge is 2.30. The van der Waals surface area contributed by atoms with Crippen molar-refractivity contribution in [3.05, 3.63) is 89.7 Å². The molecule has 47 heavy (non-hydrogen) atoms. The number of carbonyl (C=O) groups excluding carboxylic acids is 2. The average molecular weight is 637 g/mol. The van der Waals surface area contributed by atoms with Crippen LogP contribution in [0.25, 0.3) is 11.2 Å². The van der Waals surface area contributed by atoms with Gasteiger partial charge in [0.15, 0.2) is 22.7 Å². The topological polar surface area (TPSA) is 185 Å². The van der Waals surface area contributed by atoms with Crippen LogP contribution in [0.2, 0.25) is 0 Å². The third kappa shape index (κ3) is 6.98. The van der Waals surface area contributed by atoms with Gasteiger partial charge < -0.3 is 30.6 Å². The fourth-order valence-corrected chi connectivity index (χ4v) is 4.99. The van der Waals surface area contributed by atoms with Crippen molar-refractivity contribution >= 4 is 28.8 Å². The highest BCUT2D eigenvalue weighted by molar-refractivity contribution is 5.95. The summed E-state index contributed by atoms with van der Waals surface area (Å²) in [6, 6.07) is 19.6. The first-order valence-electron chi connectivity index (χ1n) is 14.9. The number of fused-ring (bicyclic) bond motifs is 1. The molecule has 2 heterocycles. The Bertz CT molecular complexity index is 1960. The molecule has 2 unspecified atom stereocenters. The lowest BCUT2D eigenvalue weighted by Crippen LogP contribution is -2.32. The number of nitrogens with two attached hydrogens (primary N) is 2. The summed E-state index contributed by atoms with van der Waals surface area (Å²) in [5.74, 6) is 0.727. The molecular formula is C34H36N8O5. The summed E-state index contributed by atoms with van der Waals surface area (Å²) < 4.78 is 20.2. The number of para-hydroxylation sites is 1. The van der Waals surface area contributed by atoms with E-state index in [0.717, 1.165) is 0 Å². The van der Waals surface area contributed by atoms with Crippen LogP contribution >= 0.6 is 0 Å². The number of rotatable bonds is 12. The van der Waals surface area contributed by atoms with Crippen molar-refractivity contribution in [1.29, 1.82) is 5.41 Å². The van der Waals surface area contributed by atoms with E-state index in [1.165, 1.54) is 4.90 Å². The molecule has 5 N–H and O–H groups in total. The summed E-state index contributed by atoms with van der Waals surface area (Å²) in [7, 11) is 3.32. The monoisotopic (exact) mass is 636 g/mol. The maximum absolute atomic E-state index is 12.8. The van der Waals surface area contributed by atoms with E-state index in [0.29, 0.717) is 40.6 Å². The van der Waals surface area contributed by atoms with Gasteiger partial charge in [-0.25, -0.2) is 4.98 Å². The zero-order valence-corrected chi connectivity index (χ0v) is 26.7. The summed E-state index contributed by atoms with van der Waals surface area (Å²) in [6.45, 7) is 5.62. The van der Waals surface area contributed by atoms with E-state index in [1.807, 2.05) is 32.0 Å². The predicted octanol–water partition coefficient (Wildman–Crippen LogP) is 5.57. The number of hydrogen-bond donors (Lipinski definition) is 3. The normalized spacial score (nSPS) is 12.3. The van der Waals surface area contributed by atoms with Crippen molar-refractivity contribution in [2.24, 2.45) is 17.4 Å². The Morgan fingerprint density at radius 3 is 2.26 bits per heavy atom. The number of carbonyl (C=O) groups is 2. The Labute approximate surface area is 271 Å². The molecule has 2 aromatic heterocycles. The van der Waals surface area contributed by atoms with Gasteiger partial charge in [-0.15, -0.1) is 0 Å². The number of nitrogens with one attached hydrogen (secondary N) is 1. The second kappa shape index (κ2) is 13.6. The van der Waals surface area contributed by atoms with Gasteiger partial charge in [0.05, 0.1) is 0 Å². The Morgan fingerprint density at radius 2 is 1.60 bits per heavy atom. The third-order valence-corrected chi connectivity index (χ3v) is 7.54. The van der Waals surface area contributed by atoms with E-state index in [1.54, 1.807) is 80.2 Å². The standard InChI is InChI=1S/C34H36N8O5/c1-6-19(2)28(30(37)43)42-20(3)38-27-31(42)39-34(40-32(27)46-24-14-10-11-22(17-24)33(44)41(4)5)47-26-18-21(29(35)36)15-16-25(26)45-23-12-8-7-9-13-23/h7-19,28H,6H2,1-5H3,(H3,35,36)(H2,37,43). The van der Waals surface area contributed by atoms with Gasteiger partial charge in [-0.05, 0) is 61.4 Å². The van der Waals surface area contributed by atoms with Crippen molar-refractivity contribution in [2.75, 3.05) is 14.1 Å². The lowest BCUT2D eigenvalue weighted by molar-refractivity contribution is -0.122. The second-order valence-electron chi connectivity index (χ2n) is 11.2. The number of imidazole rings is 1. The summed E-state index contributed by atoms with van der Waals surface area (Å²) in [4.78, 5) is 40.9. The molecule has 13 heteroatoms. The number of aryl methyl sites for hydroxylation is 1. The van der Waals surface area contributed by atoms with Gasteiger partial charge in [0.25, 0.3) is 11.8 Å². The SMILES string of the molecule is CCC(C)C(C(N)=O)n1c(C)nc2c(Oc3cccc(C(=O)N(C)C)c3)nc(Oc3cc(C(=N)N)ccc3Oc3ccccc3)nc21. The minimum Gasteiger partial charge on any atom is -0.453 e. The number of primary amides is 1. The number of nitrogen functional groups attached to an aromatic ring is 1. The lowest BCUT2D eigenvalue weighted by atomic mass is 9.98. The van der Waals surface area contributed by atoms with E-state index in [-0.39, 0.29) is 46.5 Å². The Kier molecular flexibility index (Phi) is 9.36. The predicted molar refractivity (Wildman–Crippen MR) is 176 cm³/mol. The molecule has 0 saturated heterocycles. The van der Waals surface area contributed by atoms with E-state index in [9.17, 15) is 9.59 Å². The first-order chi connectivity index (χ1) is 22.5. The van der Waals surface area contributed by atoms with Crippen LogP contribution in [0, 0.1) is 18.3 Å². The fraction of sp³-hybridized carbons (Fsp3) is 0.235. The summed E-state index contributed by atoms with van der Waals surface area (Å²) in [5, 5.41) is 7.97. The molecule has 2 atom stereocenters. The van der Waals surface area contributed by atoms with Crippen LogP contribution in [0.1, 0.15) is 48.1 Å². The van der Waals surface area contributed by atoms with Crippen LogP contribution in [0.5, 0.6) is 34.9 Å². The molecular weight excluding hydrogens is 600 g/mol. The first-order valence-corrected chi connectivity index (χ1v) is 14.9. The number of amidine groups is 1. The van der Waals surface area contributed by atoms with Crippen molar-refractivity contribution < 1.29 is 23.8 Å². The van der Waals surface area contributed by atoms with E-state index >= 15 is 0 Å². The van der Waals surface area contributed by atoms with Gasteiger partial charge in [-0.1, -0.05) is 44.5 Å². The molecule has 242 valence electrons. The van der Waals surface area contributed by atoms with Crippen molar-refractivity contribution in [1.82, 2.24) is 24.4 Å². The van der Waals surface area contributed by atoms with E-state index < -0.39 is 11.9 Å². The average Bonchev–Trinajstić information content (AvgIpc) is 3.37. The first kappa shape index (κ1) is 32.4. The van der Waals surface area contributed by atoms with Crippen LogP contribution in [0.15, 0.2) is 72.8 Å². The van der Waals surface area contributed by atoms with Gasteiger partial charge in [0.1, 0.15) is 29.2 Å². The summed E-state index contributed by atoms with van der Waals surface area (Å²) in [5.41, 5.74) is 13.0. The van der Waals surface area contributed by atoms with E-state index in [2.05, 4.69) is 15.0 Å². The van der Waals surface area contributed by atoms with Crippen molar-refractivity contribution in [3.63, 3.8) is 0 Å². The lowest BCUT2D eigenvalue weighted by Gasteiger charge is -2.23. The third-order valence-electron chi connectivity index (χ3n) is 7.54. The van der Waals surface area contributed by atoms with Crippen LogP contribution < -0.4 is 25.7 Å². The zero-order valence-electron chi connectivity index (χ0n) is 26.7. The van der Waals surface area contributed by atoms with Crippen LogP contribution in [0.3, 0.4) is 0 Å². The summed E-state index contributed by atoms with van der Waals surface area (Å²) in [6.07, 6.45) is 0.662. The quantitative estimate of drug-likeness (QED) is 0.116. The van der Waals surface area contributed by atoms with Crippen LogP contribution in [-0.4, -0.2) is 56.2 Å². The maximum atomic E-state index is 12.8. The molecule has 0 radical (unpaired) electrons. The molecule has 5 aromatic rings. The fourth-order valence-electron chi connectivity index (χ4n) is 4.99. The van der Waals surface area contributed by atoms with Gasteiger partial charge in [-0.2, -0.15) is 9.97 Å².